The Balaban J connectivity index is 1.91. The molecule has 0 aromatic heterocycles. The second-order valence-electron chi connectivity index (χ2n) is 5.96. The lowest BCUT2D eigenvalue weighted by molar-refractivity contribution is 0.249. The molecule has 2 aliphatic rings. The molecule has 1 N–H and O–H groups in total. The molecule has 1 unspecified atom stereocenters. The monoisotopic (exact) mass is 194 g/mol. The van der Waals surface area contributed by atoms with Gasteiger partial charge in [0.25, 0.3) is 0 Å². The highest BCUT2D eigenvalue weighted by Gasteiger charge is 2.37. The van der Waals surface area contributed by atoms with Gasteiger partial charge in [-0.15, -0.1) is 0 Å². The Labute approximate surface area is 87.2 Å². The van der Waals surface area contributed by atoms with E-state index >= 15 is 0 Å². The molecule has 2 fully saturated rings. The summed E-state index contributed by atoms with van der Waals surface area (Å²) >= 11 is 0. The van der Waals surface area contributed by atoms with Gasteiger partial charge in [0.15, 0.2) is 0 Å². The summed E-state index contributed by atoms with van der Waals surface area (Å²) in [6, 6.07) is 0. The van der Waals surface area contributed by atoms with Crippen LogP contribution < -0.4 is 0 Å². The van der Waals surface area contributed by atoms with Gasteiger partial charge in [-0.05, 0) is 30.6 Å². The SMILES string of the molecule is CC(C)(C)C1CCN(C(=N)C2CC2)C1. The number of hydrogen-bond acceptors (Lipinski definition) is 1. The Morgan fingerprint density at radius 3 is 2.29 bits per heavy atom. The maximum atomic E-state index is 8.02. The minimum Gasteiger partial charge on any atom is -0.360 e. The quantitative estimate of drug-likeness (QED) is 0.504. The topological polar surface area (TPSA) is 27.1 Å². The summed E-state index contributed by atoms with van der Waals surface area (Å²) in [7, 11) is 0. The third kappa shape index (κ3) is 1.94. The van der Waals surface area contributed by atoms with Gasteiger partial charge in [-0.25, -0.2) is 0 Å². The molecule has 2 heteroatoms. The lowest BCUT2D eigenvalue weighted by Crippen LogP contribution is -2.31. The van der Waals surface area contributed by atoms with Crippen molar-refractivity contribution in [3.63, 3.8) is 0 Å². The molecule has 0 spiro atoms. The van der Waals surface area contributed by atoms with Crippen LogP contribution in [-0.2, 0) is 0 Å². The number of nitrogens with one attached hydrogen (secondary N) is 1. The molecular weight excluding hydrogens is 172 g/mol. The van der Waals surface area contributed by atoms with Gasteiger partial charge in [0.05, 0.1) is 5.84 Å². The van der Waals surface area contributed by atoms with Gasteiger partial charge < -0.3 is 4.90 Å². The molecule has 1 atom stereocenters. The Bertz CT molecular complexity index is 235. The van der Waals surface area contributed by atoms with Crippen LogP contribution in [0.4, 0.5) is 0 Å². The van der Waals surface area contributed by atoms with Crippen LogP contribution in [0, 0.1) is 22.7 Å². The first-order chi connectivity index (χ1) is 6.48. The van der Waals surface area contributed by atoms with E-state index in [1.165, 1.54) is 19.3 Å². The number of nitrogens with zero attached hydrogens (tertiary/aromatic N) is 1. The van der Waals surface area contributed by atoms with Crippen LogP contribution in [0.1, 0.15) is 40.0 Å². The van der Waals surface area contributed by atoms with Crippen molar-refractivity contribution >= 4 is 5.84 Å². The zero-order valence-corrected chi connectivity index (χ0v) is 9.64. The number of amidine groups is 1. The molecule has 2 rings (SSSR count). The largest absolute Gasteiger partial charge is 0.360 e. The molecular formula is C12H22N2. The number of likely N-dealkylation sites (tertiary alicyclic amines) is 1. The van der Waals surface area contributed by atoms with Gasteiger partial charge in [0, 0.05) is 19.0 Å². The normalized spacial score (nSPS) is 28.2. The Morgan fingerprint density at radius 2 is 1.86 bits per heavy atom. The van der Waals surface area contributed by atoms with E-state index in [1.54, 1.807) is 0 Å². The van der Waals surface area contributed by atoms with E-state index in [1.807, 2.05) is 0 Å². The molecule has 0 radical (unpaired) electrons. The molecule has 1 heterocycles. The third-order valence-corrected chi connectivity index (χ3v) is 3.72. The fourth-order valence-electron chi connectivity index (χ4n) is 2.30. The maximum Gasteiger partial charge on any atom is 0.0989 e. The summed E-state index contributed by atoms with van der Waals surface area (Å²) in [6.07, 6.45) is 3.80. The van der Waals surface area contributed by atoms with Gasteiger partial charge in [0.1, 0.15) is 0 Å². The van der Waals surface area contributed by atoms with Crippen molar-refractivity contribution in [3.8, 4) is 0 Å². The van der Waals surface area contributed by atoms with Gasteiger partial charge in [-0.3, -0.25) is 5.41 Å². The standard InChI is InChI=1S/C12H22N2/c1-12(2,3)10-6-7-14(8-10)11(13)9-4-5-9/h9-10,13H,4-8H2,1-3H3. The predicted octanol–water partition coefficient (Wildman–Crippen LogP) is 2.74. The number of rotatable bonds is 1. The van der Waals surface area contributed by atoms with Crippen molar-refractivity contribution in [2.75, 3.05) is 13.1 Å². The fourth-order valence-corrected chi connectivity index (χ4v) is 2.30. The highest BCUT2D eigenvalue weighted by molar-refractivity contribution is 5.84. The smallest absolute Gasteiger partial charge is 0.0989 e. The fraction of sp³-hybridized carbons (Fsp3) is 0.917. The summed E-state index contributed by atoms with van der Waals surface area (Å²) in [4.78, 5) is 2.31. The van der Waals surface area contributed by atoms with Gasteiger partial charge in [0.2, 0.25) is 0 Å². The second-order valence-corrected chi connectivity index (χ2v) is 5.96. The first kappa shape index (κ1) is 10.0. The molecule has 0 bridgehead atoms. The molecule has 1 saturated carbocycles. The van der Waals surface area contributed by atoms with E-state index < -0.39 is 0 Å². The summed E-state index contributed by atoms with van der Waals surface area (Å²) in [6.45, 7) is 9.21. The first-order valence-electron chi connectivity index (χ1n) is 5.82. The average molecular weight is 194 g/mol. The predicted molar refractivity (Wildman–Crippen MR) is 59.6 cm³/mol. The van der Waals surface area contributed by atoms with E-state index in [0.717, 1.165) is 24.8 Å². The van der Waals surface area contributed by atoms with Crippen LogP contribution >= 0.6 is 0 Å². The minimum absolute atomic E-state index is 0.415. The summed E-state index contributed by atoms with van der Waals surface area (Å²) in [5.74, 6) is 2.33. The maximum absolute atomic E-state index is 8.02. The van der Waals surface area contributed by atoms with Crippen LogP contribution in [0.3, 0.4) is 0 Å². The van der Waals surface area contributed by atoms with Gasteiger partial charge in [-0.2, -0.15) is 0 Å². The molecule has 0 amide bonds. The average Bonchev–Trinajstić information content (AvgIpc) is 2.79. The van der Waals surface area contributed by atoms with Crippen LogP contribution in [0.15, 0.2) is 0 Å². The zero-order valence-electron chi connectivity index (χ0n) is 9.64. The summed E-state index contributed by atoms with van der Waals surface area (Å²) in [5, 5.41) is 8.02. The first-order valence-corrected chi connectivity index (χ1v) is 5.82. The molecule has 0 aromatic rings. The highest BCUT2D eigenvalue weighted by Crippen LogP contribution is 2.37. The van der Waals surface area contributed by atoms with Crippen LogP contribution in [-0.4, -0.2) is 23.8 Å². The van der Waals surface area contributed by atoms with Gasteiger partial charge >= 0.3 is 0 Å². The molecule has 1 saturated heterocycles. The molecule has 14 heavy (non-hydrogen) atoms. The van der Waals surface area contributed by atoms with Crippen molar-refractivity contribution in [3.05, 3.63) is 0 Å². The van der Waals surface area contributed by atoms with Crippen molar-refractivity contribution in [2.45, 2.75) is 40.0 Å². The second kappa shape index (κ2) is 3.25. The van der Waals surface area contributed by atoms with E-state index in [2.05, 4.69) is 25.7 Å². The van der Waals surface area contributed by atoms with Gasteiger partial charge in [-0.1, -0.05) is 20.8 Å². The van der Waals surface area contributed by atoms with Crippen molar-refractivity contribution in [1.29, 1.82) is 5.41 Å². The molecule has 1 aliphatic heterocycles. The zero-order chi connectivity index (χ0) is 10.3. The molecule has 80 valence electrons. The van der Waals surface area contributed by atoms with Crippen LogP contribution in [0.2, 0.25) is 0 Å². The Hall–Kier alpha value is -0.530. The third-order valence-electron chi connectivity index (χ3n) is 3.72. The minimum atomic E-state index is 0.415. The van der Waals surface area contributed by atoms with E-state index in [4.69, 9.17) is 5.41 Å². The van der Waals surface area contributed by atoms with E-state index in [0.29, 0.717) is 11.3 Å². The highest BCUT2D eigenvalue weighted by atomic mass is 15.2. The van der Waals surface area contributed by atoms with Crippen molar-refractivity contribution < 1.29 is 0 Å². The van der Waals surface area contributed by atoms with Crippen LogP contribution in [0.5, 0.6) is 0 Å². The molecule has 2 nitrogen and oxygen atoms in total. The summed E-state index contributed by atoms with van der Waals surface area (Å²) in [5.41, 5.74) is 0.415. The Morgan fingerprint density at radius 1 is 1.21 bits per heavy atom. The van der Waals surface area contributed by atoms with Crippen molar-refractivity contribution in [1.82, 2.24) is 4.90 Å². The van der Waals surface area contributed by atoms with E-state index in [9.17, 15) is 0 Å². The lowest BCUT2D eigenvalue weighted by Gasteiger charge is -2.27. The Kier molecular flexibility index (Phi) is 2.32. The van der Waals surface area contributed by atoms with Crippen LogP contribution in [0.25, 0.3) is 0 Å². The number of hydrogen-bond donors (Lipinski definition) is 1. The molecule has 0 aromatic carbocycles. The summed E-state index contributed by atoms with van der Waals surface area (Å²) < 4.78 is 0. The van der Waals surface area contributed by atoms with Crippen molar-refractivity contribution in [2.24, 2.45) is 17.3 Å². The van der Waals surface area contributed by atoms with E-state index in [-0.39, 0.29) is 0 Å². The molecule has 1 aliphatic carbocycles. The lowest BCUT2D eigenvalue weighted by atomic mass is 9.80.